The van der Waals surface area contributed by atoms with Gasteiger partial charge in [-0.3, -0.25) is 0 Å². The molecule has 0 aliphatic heterocycles. The highest BCUT2D eigenvalue weighted by Crippen LogP contribution is 2.14. The first-order valence-electron chi connectivity index (χ1n) is 6.87. The molecule has 0 N–H and O–H groups in total. The molecule has 0 saturated heterocycles. The normalized spacial score (nSPS) is 13.0. The molecule has 0 aromatic rings. The Morgan fingerprint density at radius 2 is 1.27 bits per heavy atom. The van der Waals surface area contributed by atoms with Crippen molar-refractivity contribution < 1.29 is 0 Å². The van der Waals surface area contributed by atoms with Gasteiger partial charge in [-0.1, -0.05) is 87.6 Å². The van der Waals surface area contributed by atoms with Crippen LogP contribution in [0, 0.1) is 5.92 Å². The lowest BCUT2D eigenvalue weighted by molar-refractivity contribution is 0.512. The third-order valence-corrected chi connectivity index (χ3v) is 4.17. The van der Waals surface area contributed by atoms with Crippen molar-refractivity contribution in [2.24, 2.45) is 5.92 Å². The monoisotopic (exact) mass is 276 g/mol. The molecule has 1 atom stereocenters. The van der Waals surface area contributed by atoms with Gasteiger partial charge in [0.05, 0.1) is 0 Å². The first kappa shape index (κ1) is 15.5. The van der Waals surface area contributed by atoms with Crippen LogP contribution >= 0.6 is 15.9 Å². The molecule has 1 unspecified atom stereocenters. The first-order chi connectivity index (χ1) is 7.31. The maximum atomic E-state index is 3.53. The molecular weight excluding hydrogens is 248 g/mol. The van der Waals surface area contributed by atoms with Crippen LogP contribution < -0.4 is 0 Å². The molecular formula is C14H29Br. The molecule has 0 fully saturated rings. The number of unbranched alkanes of at least 4 members (excludes halogenated alkanes) is 8. The summed E-state index contributed by atoms with van der Waals surface area (Å²) < 4.78 is 0. The van der Waals surface area contributed by atoms with E-state index in [1.54, 1.807) is 0 Å². The van der Waals surface area contributed by atoms with E-state index in [4.69, 9.17) is 0 Å². The number of alkyl halides is 1. The van der Waals surface area contributed by atoms with Gasteiger partial charge >= 0.3 is 0 Å². The average molecular weight is 277 g/mol. The maximum absolute atomic E-state index is 3.53. The van der Waals surface area contributed by atoms with Crippen LogP contribution in [0.3, 0.4) is 0 Å². The topological polar surface area (TPSA) is 0 Å². The van der Waals surface area contributed by atoms with E-state index in [1.165, 1.54) is 69.5 Å². The molecule has 0 nitrogen and oxygen atoms in total. The van der Waals surface area contributed by atoms with E-state index >= 15 is 0 Å². The van der Waals surface area contributed by atoms with E-state index in [0.717, 1.165) is 5.92 Å². The van der Waals surface area contributed by atoms with Crippen molar-refractivity contribution in [1.82, 2.24) is 0 Å². The fraction of sp³-hybridized carbons (Fsp3) is 1.00. The third kappa shape index (κ3) is 12.4. The van der Waals surface area contributed by atoms with Gasteiger partial charge in [-0.2, -0.15) is 0 Å². The summed E-state index contributed by atoms with van der Waals surface area (Å²) in [6.07, 6.45) is 14.4. The standard InChI is InChI=1S/C14H29Br/c1-3-4-5-6-7-8-9-10-11-12-14(2)13-15/h14H,3-13H2,1-2H3. The molecule has 0 aromatic carbocycles. The fourth-order valence-corrected chi connectivity index (χ4v) is 2.20. The van der Waals surface area contributed by atoms with E-state index in [1.807, 2.05) is 0 Å². The van der Waals surface area contributed by atoms with Gasteiger partial charge in [-0.15, -0.1) is 0 Å². The Morgan fingerprint density at radius 1 is 0.800 bits per heavy atom. The first-order valence-corrected chi connectivity index (χ1v) is 7.99. The van der Waals surface area contributed by atoms with Crippen LogP contribution in [-0.4, -0.2) is 5.33 Å². The van der Waals surface area contributed by atoms with Crippen molar-refractivity contribution in [3.05, 3.63) is 0 Å². The van der Waals surface area contributed by atoms with Crippen molar-refractivity contribution in [2.75, 3.05) is 5.33 Å². The molecule has 92 valence electrons. The molecule has 0 rings (SSSR count). The lowest BCUT2D eigenvalue weighted by atomic mass is 10.0. The lowest BCUT2D eigenvalue weighted by Gasteiger charge is -2.06. The van der Waals surface area contributed by atoms with Crippen molar-refractivity contribution in [3.8, 4) is 0 Å². The molecule has 15 heavy (non-hydrogen) atoms. The van der Waals surface area contributed by atoms with Gasteiger partial charge in [0.15, 0.2) is 0 Å². The van der Waals surface area contributed by atoms with E-state index in [2.05, 4.69) is 29.8 Å². The largest absolute Gasteiger partial charge is 0.0925 e. The number of rotatable bonds is 11. The highest BCUT2D eigenvalue weighted by molar-refractivity contribution is 9.09. The third-order valence-electron chi connectivity index (χ3n) is 3.06. The predicted molar refractivity (Wildman–Crippen MR) is 74.8 cm³/mol. The second kappa shape index (κ2) is 12.5. The van der Waals surface area contributed by atoms with E-state index < -0.39 is 0 Å². The summed E-state index contributed by atoms with van der Waals surface area (Å²) in [4.78, 5) is 0. The Kier molecular flexibility index (Phi) is 13.0. The van der Waals surface area contributed by atoms with Crippen LogP contribution in [0.15, 0.2) is 0 Å². The molecule has 1 heteroatoms. The van der Waals surface area contributed by atoms with Crippen LogP contribution in [0.1, 0.15) is 78.1 Å². The molecule has 0 spiro atoms. The lowest BCUT2D eigenvalue weighted by Crippen LogP contribution is -1.94. The Hall–Kier alpha value is 0.480. The Bertz CT molecular complexity index is 112. The molecule has 0 saturated carbocycles. The summed E-state index contributed by atoms with van der Waals surface area (Å²) in [6, 6.07) is 0. The Labute approximate surface area is 105 Å². The van der Waals surface area contributed by atoms with Crippen molar-refractivity contribution in [3.63, 3.8) is 0 Å². The summed E-state index contributed by atoms with van der Waals surface area (Å²) in [7, 11) is 0. The van der Waals surface area contributed by atoms with Crippen molar-refractivity contribution in [2.45, 2.75) is 78.1 Å². The minimum atomic E-state index is 0.870. The summed E-state index contributed by atoms with van der Waals surface area (Å²) in [5.41, 5.74) is 0. The second-order valence-electron chi connectivity index (χ2n) is 4.88. The number of hydrogen-bond donors (Lipinski definition) is 0. The molecule has 0 amide bonds. The molecule has 0 aliphatic carbocycles. The maximum Gasteiger partial charge on any atom is 0.00570 e. The van der Waals surface area contributed by atoms with Gasteiger partial charge in [-0.05, 0) is 12.3 Å². The fourth-order valence-electron chi connectivity index (χ4n) is 1.88. The SMILES string of the molecule is CCCCCCCCCCCC(C)CBr. The van der Waals surface area contributed by atoms with Gasteiger partial charge in [0.25, 0.3) is 0 Å². The highest BCUT2D eigenvalue weighted by Gasteiger charge is 1.98. The van der Waals surface area contributed by atoms with E-state index in [9.17, 15) is 0 Å². The predicted octanol–water partition coefficient (Wildman–Crippen LogP) is 5.94. The van der Waals surface area contributed by atoms with Gasteiger partial charge in [0.2, 0.25) is 0 Å². The zero-order chi connectivity index (χ0) is 11.4. The van der Waals surface area contributed by atoms with Gasteiger partial charge in [0, 0.05) is 5.33 Å². The quantitative estimate of drug-likeness (QED) is 0.324. The van der Waals surface area contributed by atoms with Crippen molar-refractivity contribution in [1.29, 1.82) is 0 Å². The number of hydrogen-bond acceptors (Lipinski definition) is 0. The molecule has 0 bridgehead atoms. The Morgan fingerprint density at radius 3 is 1.73 bits per heavy atom. The van der Waals surface area contributed by atoms with Gasteiger partial charge < -0.3 is 0 Å². The summed E-state index contributed by atoms with van der Waals surface area (Å²) in [6.45, 7) is 4.62. The number of halogens is 1. The average Bonchev–Trinajstić information content (AvgIpc) is 2.26. The summed E-state index contributed by atoms with van der Waals surface area (Å²) >= 11 is 3.53. The van der Waals surface area contributed by atoms with Crippen LogP contribution in [0.5, 0.6) is 0 Å². The van der Waals surface area contributed by atoms with Crippen LogP contribution in [-0.2, 0) is 0 Å². The minimum Gasteiger partial charge on any atom is -0.0925 e. The van der Waals surface area contributed by atoms with E-state index in [-0.39, 0.29) is 0 Å². The zero-order valence-corrected chi connectivity index (χ0v) is 12.3. The molecule has 0 heterocycles. The van der Waals surface area contributed by atoms with Crippen LogP contribution in [0.4, 0.5) is 0 Å². The summed E-state index contributed by atoms with van der Waals surface area (Å²) in [5, 5.41) is 1.17. The Balaban J connectivity index is 2.92. The van der Waals surface area contributed by atoms with Crippen molar-refractivity contribution >= 4 is 15.9 Å². The van der Waals surface area contributed by atoms with Gasteiger partial charge in [0.1, 0.15) is 0 Å². The van der Waals surface area contributed by atoms with E-state index in [0.29, 0.717) is 0 Å². The molecule has 0 aliphatic rings. The molecule has 0 aromatic heterocycles. The zero-order valence-electron chi connectivity index (χ0n) is 10.7. The van der Waals surface area contributed by atoms with Crippen LogP contribution in [0.2, 0.25) is 0 Å². The minimum absolute atomic E-state index is 0.870. The van der Waals surface area contributed by atoms with Crippen LogP contribution in [0.25, 0.3) is 0 Å². The molecule has 0 radical (unpaired) electrons. The summed E-state index contributed by atoms with van der Waals surface area (Å²) in [5.74, 6) is 0.870. The second-order valence-corrected chi connectivity index (χ2v) is 5.52. The highest BCUT2D eigenvalue weighted by atomic mass is 79.9. The smallest absolute Gasteiger partial charge is 0.00570 e. The van der Waals surface area contributed by atoms with Gasteiger partial charge in [-0.25, -0.2) is 0 Å².